The highest BCUT2D eigenvalue weighted by Crippen LogP contribution is 2.29. The third-order valence-electron chi connectivity index (χ3n) is 4.73. The van der Waals surface area contributed by atoms with Gasteiger partial charge in [0, 0.05) is 10.0 Å². The van der Waals surface area contributed by atoms with E-state index in [1.807, 2.05) is 6.07 Å². The van der Waals surface area contributed by atoms with Gasteiger partial charge in [-0.15, -0.1) is 0 Å². The van der Waals surface area contributed by atoms with E-state index in [2.05, 4.69) is 10.6 Å². The first-order chi connectivity index (χ1) is 13.2. The van der Waals surface area contributed by atoms with E-state index in [1.165, 1.54) is 0 Å². The van der Waals surface area contributed by atoms with Gasteiger partial charge in [0.1, 0.15) is 12.1 Å². The maximum Gasteiger partial charge on any atom is 0.325 e. The minimum atomic E-state index is -1.20. The maximum absolute atomic E-state index is 12.8. The summed E-state index contributed by atoms with van der Waals surface area (Å²) in [6.07, 6.45) is 0. The SMILES string of the molecule is C[C@@H](NC(=O)CN1C(=O)N[C@](C)(c2ccccc2)C1=O)c1ccc(Cl)cc1Cl. The lowest BCUT2D eigenvalue weighted by atomic mass is 9.92. The van der Waals surface area contributed by atoms with Crippen LogP contribution in [0.5, 0.6) is 0 Å². The van der Waals surface area contributed by atoms with Crippen LogP contribution < -0.4 is 10.6 Å². The molecule has 0 unspecified atom stereocenters. The van der Waals surface area contributed by atoms with E-state index < -0.39 is 29.4 Å². The Morgan fingerprint density at radius 2 is 1.86 bits per heavy atom. The summed E-state index contributed by atoms with van der Waals surface area (Å²) in [6, 6.07) is 12.9. The number of carbonyl (C=O) groups excluding carboxylic acids is 3. The fraction of sp³-hybridized carbons (Fsp3) is 0.250. The third kappa shape index (κ3) is 3.84. The van der Waals surface area contributed by atoms with Crippen molar-refractivity contribution in [3.8, 4) is 0 Å². The summed E-state index contributed by atoms with van der Waals surface area (Å²) in [7, 11) is 0. The molecule has 1 heterocycles. The zero-order chi connectivity index (χ0) is 20.5. The van der Waals surface area contributed by atoms with Crippen LogP contribution in [0.1, 0.15) is 31.0 Å². The van der Waals surface area contributed by atoms with Crippen molar-refractivity contribution in [2.45, 2.75) is 25.4 Å². The van der Waals surface area contributed by atoms with E-state index in [9.17, 15) is 14.4 Å². The topological polar surface area (TPSA) is 78.5 Å². The molecule has 3 rings (SSSR count). The predicted molar refractivity (Wildman–Crippen MR) is 107 cm³/mol. The Morgan fingerprint density at radius 1 is 1.18 bits per heavy atom. The smallest absolute Gasteiger partial charge is 0.325 e. The number of carbonyl (C=O) groups is 3. The van der Waals surface area contributed by atoms with E-state index >= 15 is 0 Å². The highest BCUT2D eigenvalue weighted by atomic mass is 35.5. The van der Waals surface area contributed by atoms with Crippen molar-refractivity contribution in [3.63, 3.8) is 0 Å². The molecule has 146 valence electrons. The standard InChI is InChI=1S/C20H19Cl2N3O3/c1-12(15-9-8-14(21)10-16(15)22)23-17(26)11-25-18(27)20(2,24-19(25)28)13-6-4-3-5-7-13/h3-10,12H,11H2,1-2H3,(H,23,26)(H,24,28)/t12-,20-/m1/s1. The normalized spacial score (nSPS) is 20.1. The van der Waals surface area contributed by atoms with Gasteiger partial charge in [0.2, 0.25) is 5.91 Å². The maximum atomic E-state index is 12.8. The Hall–Kier alpha value is -2.57. The van der Waals surface area contributed by atoms with Gasteiger partial charge in [0.15, 0.2) is 0 Å². The third-order valence-corrected chi connectivity index (χ3v) is 5.30. The van der Waals surface area contributed by atoms with Crippen LogP contribution in [0.15, 0.2) is 48.5 Å². The molecule has 2 aromatic rings. The molecule has 4 amide bonds. The average molecular weight is 420 g/mol. The molecule has 2 N–H and O–H groups in total. The first-order valence-electron chi connectivity index (χ1n) is 8.66. The highest BCUT2D eigenvalue weighted by Gasteiger charge is 2.49. The monoisotopic (exact) mass is 419 g/mol. The largest absolute Gasteiger partial charge is 0.348 e. The minimum Gasteiger partial charge on any atom is -0.348 e. The molecule has 1 aliphatic rings. The number of nitrogens with zero attached hydrogens (tertiary/aromatic N) is 1. The predicted octanol–water partition coefficient (Wildman–Crippen LogP) is 3.64. The number of urea groups is 1. The number of amides is 4. The molecule has 0 aromatic heterocycles. The van der Waals surface area contributed by atoms with Crippen LogP contribution in [0.2, 0.25) is 10.0 Å². The second-order valence-electron chi connectivity index (χ2n) is 6.77. The summed E-state index contributed by atoms with van der Waals surface area (Å²) >= 11 is 12.1. The van der Waals surface area contributed by atoms with Crippen LogP contribution >= 0.6 is 23.2 Å². The zero-order valence-electron chi connectivity index (χ0n) is 15.3. The van der Waals surface area contributed by atoms with Gasteiger partial charge in [-0.2, -0.15) is 0 Å². The molecule has 0 aliphatic carbocycles. The van der Waals surface area contributed by atoms with Gasteiger partial charge in [-0.3, -0.25) is 14.5 Å². The molecule has 0 spiro atoms. The number of rotatable bonds is 5. The van der Waals surface area contributed by atoms with Crippen molar-refractivity contribution < 1.29 is 14.4 Å². The highest BCUT2D eigenvalue weighted by molar-refractivity contribution is 6.35. The number of imide groups is 1. The van der Waals surface area contributed by atoms with Gasteiger partial charge in [-0.05, 0) is 37.1 Å². The average Bonchev–Trinajstić information content (AvgIpc) is 2.86. The lowest BCUT2D eigenvalue weighted by Crippen LogP contribution is -2.43. The van der Waals surface area contributed by atoms with E-state index in [-0.39, 0.29) is 6.54 Å². The van der Waals surface area contributed by atoms with E-state index in [1.54, 1.807) is 56.3 Å². The Morgan fingerprint density at radius 3 is 2.50 bits per heavy atom. The van der Waals surface area contributed by atoms with Crippen LogP contribution in [0, 0.1) is 0 Å². The molecule has 2 aromatic carbocycles. The van der Waals surface area contributed by atoms with Crippen molar-refractivity contribution in [2.24, 2.45) is 0 Å². The molecule has 6 nitrogen and oxygen atoms in total. The lowest BCUT2D eigenvalue weighted by Gasteiger charge is -2.22. The van der Waals surface area contributed by atoms with Gasteiger partial charge in [-0.1, -0.05) is 59.6 Å². The van der Waals surface area contributed by atoms with E-state index in [4.69, 9.17) is 23.2 Å². The fourth-order valence-corrected chi connectivity index (χ4v) is 3.74. The van der Waals surface area contributed by atoms with Crippen LogP contribution in [-0.2, 0) is 15.1 Å². The second-order valence-corrected chi connectivity index (χ2v) is 7.61. The minimum absolute atomic E-state index is 0.386. The Kier molecular flexibility index (Phi) is 5.63. The molecular weight excluding hydrogens is 401 g/mol. The van der Waals surface area contributed by atoms with Gasteiger partial charge in [-0.25, -0.2) is 4.79 Å². The second kappa shape index (κ2) is 7.81. The van der Waals surface area contributed by atoms with Gasteiger partial charge < -0.3 is 10.6 Å². The molecule has 28 heavy (non-hydrogen) atoms. The summed E-state index contributed by atoms with van der Waals surface area (Å²) in [4.78, 5) is 38.5. The molecule has 1 saturated heterocycles. The first kappa shape index (κ1) is 20.2. The summed E-state index contributed by atoms with van der Waals surface area (Å²) in [5, 5.41) is 6.34. The quantitative estimate of drug-likeness (QED) is 0.726. The van der Waals surface area contributed by atoms with Crippen molar-refractivity contribution in [1.82, 2.24) is 15.5 Å². The summed E-state index contributed by atoms with van der Waals surface area (Å²) < 4.78 is 0. The Labute approximate surface area is 172 Å². The number of halogens is 2. The summed E-state index contributed by atoms with van der Waals surface area (Å²) in [6.45, 7) is 2.99. The van der Waals surface area contributed by atoms with Crippen molar-refractivity contribution >= 4 is 41.0 Å². The molecular formula is C20H19Cl2N3O3. The van der Waals surface area contributed by atoms with Crippen molar-refractivity contribution in [3.05, 3.63) is 69.7 Å². The van der Waals surface area contributed by atoms with E-state index in [0.717, 1.165) is 4.90 Å². The lowest BCUT2D eigenvalue weighted by molar-refractivity contribution is -0.135. The molecule has 0 saturated carbocycles. The number of hydrogen-bond acceptors (Lipinski definition) is 3. The van der Waals surface area contributed by atoms with Gasteiger partial charge >= 0.3 is 6.03 Å². The van der Waals surface area contributed by atoms with Crippen LogP contribution in [-0.4, -0.2) is 29.3 Å². The van der Waals surface area contributed by atoms with Crippen LogP contribution in [0.25, 0.3) is 0 Å². The molecule has 0 bridgehead atoms. The van der Waals surface area contributed by atoms with Gasteiger partial charge in [0.25, 0.3) is 5.91 Å². The summed E-state index contributed by atoms with van der Waals surface area (Å²) in [5.41, 5.74) is 0.132. The first-order valence-corrected chi connectivity index (χ1v) is 9.42. The molecule has 8 heteroatoms. The molecule has 2 atom stereocenters. The number of hydrogen-bond donors (Lipinski definition) is 2. The van der Waals surface area contributed by atoms with Crippen molar-refractivity contribution in [1.29, 1.82) is 0 Å². The summed E-state index contributed by atoms with van der Waals surface area (Å²) in [5.74, 6) is -0.949. The molecule has 0 radical (unpaired) electrons. The molecule has 1 aliphatic heterocycles. The Bertz CT molecular complexity index is 936. The van der Waals surface area contributed by atoms with Crippen LogP contribution in [0.3, 0.4) is 0 Å². The number of benzene rings is 2. The van der Waals surface area contributed by atoms with E-state index in [0.29, 0.717) is 21.2 Å². The van der Waals surface area contributed by atoms with Gasteiger partial charge in [0.05, 0.1) is 6.04 Å². The Balaban J connectivity index is 1.70. The number of nitrogens with one attached hydrogen (secondary N) is 2. The fourth-order valence-electron chi connectivity index (χ4n) is 3.17. The van der Waals surface area contributed by atoms with Crippen molar-refractivity contribution in [2.75, 3.05) is 6.54 Å². The zero-order valence-corrected chi connectivity index (χ0v) is 16.8. The molecule has 1 fully saturated rings. The van der Waals surface area contributed by atoms with Crippen LogP contribution in [0.4, 0.5) is 4.79 Å².